The lowest BCUT2D eigenvalue weighted by molar-refractivity contribution is 0.173. The highest BCUT2D eigenvalue weighted by molar-refractivity contribution is 5.53. The Balaban J connectivity index is 1.47. The van der Waals surface area contributed by atoms with E-state index < -0.39 is 0 Å². The molecule has 2 aromatic carbocycles. The smallest absolute Gasteiger partial charge is 0.244 e. The van der Waals surface area contributed by atoms with Crippen LogP contribution in [0.25, 0.3) is 11.4 Å². The van der Waals surface area contributed by atoms with E-state index in [0.717, 1.165) is 29.2 Å². The van der Waals surface area contributed by atoms with E-state index in [1.165, 1.54) is 0 Å². The third-order valence-corrected chi connectivity index (χ3v) is 4.36. The summed E-state index contributed by atoms with van der Waals surface area (Å²) in [5.74, 6) is 2.80. The molecule has 0 N–H and O–H groups in total. The van der Waals surface area contributed by atoms with Gasteiger partial charge in [-0.15, -0.1) is 0 Å². The van der Waals surface area contributed by atoms with Crippen LogP contribution in [0, 0.1) is 0 Å². The van der Waals surface area contributed by atoms with Gasteiger partial charge in [-0.2, -0.15) is 4.98 Å². The first kappa shape index (κ1) is 15.7. The number of hydrogen-bond donors (Lipinski definition) is 0. The van der Waals surface area contributed by atoms with Gasteiger partial charge >= 0.3 is 0 Å². The van der Waals surface area contributed by atoms with Crippen molar-refractivity contribution >= 4 is 0 Å². The lowest BCUT2D eigenvalue weighted by Crippen LogP contribution is -2.22. The summed E-state index contributed by atoms with van der Waals surface area (Å²) in [4.78, 5) is 6.69. The van der Waals surface area contributed by atoms with Crippen LogP contribution in [0.1, 0.15) is 24.4 Å². The number of fused-ring (bicyclic) bond motifs is 1. The molecule has 6 nitrogen and oxygen atoms in total. The predicted octanol–water partition coefficient (Wildman–Crippen LogP) is 3.66. The fraction of sp³-hybridized carbons (Fsp3) is 0.263. The first-order valence-corrected chi connectivity index (χ1v) is 8.18. The topological polar surface area (TPSA) is 60.6 Å². The Morgan fingerprint density at radius 3 is 2.72 bits per heavy atom. The highest BCUT2D eigenvalue weighted by atomic mass is 16.7. The Bertz CT molecular complexity index is 863. The van der Waals surface area contributed by atoms with Gasteiger partial charge in [-0.05, 0) is 31.7 Å². The van der Waals surface area contributed by atoms with E-state index >= 15 is 0 Å². The first-order valence-electron chi connectivity index (χ1n) is 8.18. The number of hydrogen-bond acceptors (Lipinski definition) is 6. The molecule has 0 aliphatic carbocycles. The average Bonchev–Trinajstić information content (AvgIpc) is 3.31. The quantitative estimate of drug-likeness (QED) is 0.708. The summed E-state index contributed by atoms with van der Waals surface area (Å²) >= 11 is 0. The van der Waals surface area contributed by atoms with Crippen molar-refractivity contribution in [3.05, 3.63) is 60.0 Å². The van der Waals surface area contributed by atoms with Crippen LogP contribution >= 0.6 is 0 Å². The number of nitrogens with zero attached hydrogens (tertiary/aromatic N) is 3. The monoisotopic (exact) mass is 337 g/mol. The second kappa shape index (κ2) is 6.57. The number of ether oxygens (including phenoxy) is 2. The molecule has 1 atom stereocenters. The van der Waals surface area contributed by atoms with Crippen LogP contribution in [0.4, 0.5) is 0 Å². The summed E-state index contributed by atoms with van der Waals surface area (Å²) in [6.45, 7) is 3.07. The van der Waals surface area contributed by atoms with Crippen molar-refractivity contribution in [1.29, 1.82) is 0 Å². The van der Waals surface area contributed by atoms with Crippen LogP contribution in [0.15, 0.2) is 53.1 Å². The Kier molecular flexibility index (Phi) is 4.11. The van der Waals surface area contributed by atoms with Crippen LogP contribution < -0.4 is 9.47 Å². The van der Waals surface area contributed by atoms with Crippen molar-refractivity contribution in [3.8, 4) is 22.9 Å². The van der Waals surface area contributed by atoms with Crippen molar-refractivity contribution < 1.29 is 14.0 Å². The predicted molar refractivity (Wildman–Crippen MR) is 92.2 cm³/mol. The Morgan fingerprint density at radius 2 is 1.88 bits per heavy atom. The van der Waals surface area contributed by atoms with Gasteiger partial charge in [0.2, 0.25) is 18.5 Å². The maximum absolute atomic E-state index is 5.47. The molecule has 1 aliphatic rings. The molecular weight excluding hydrogens is 318 g/mol. The van der Waals surface area contributed by atoms with Gasteiger partial charge in [0.05, 0.1) is 6.04 Å². The van der Waals surface area contributed by atoms with Gasteiger partial charge in [0.25, 0.3) is 0 Å². The highest BCUT2D eigenvalue weighted by Crippen LogP contribution is 2.33. The van der Waals surface area contributed by atoms with Crippen LogP contribution in [0.3, 0.4) is 0 Å². The van der Waals surface area contributed by atoms with Crippen molar-refractivity contribution in [1.82, 2.24) is 15.0 Å². The van der Waals surface area contributed by atoms with Crippen LogP contribution in [-0.4, -0.2) is 28.9 Å². The standard InChI is InChI=1S/C19H19N3O3/c1-13(19-20-18(21-25-19)15-6-4-3-5-7-15)22(2)11-14-8-9-16-17(10-14)24-12-23-16/h3-10,13H,11-12H2,1-2H3. The summed E-state index contributed by atoms with van der Waals surface area (Å²) in [6, 6.07) is 15.8. The summed E-state index contributed by atoms with van der Waals surface area (Å²) in [5, 5.41) is 4.09. The Morgan fingerprint density at radius 1 is 1.08 bits per heavy atom. The maximum atomic E-state index is 5.47. The van der Waals surface area contributed by atoms with Gasteiger partial charge in [0.15, 0.2) is 11.5 Å². The van der Waals surface area contributed by atoms with E-state index in [1.54, 1.807) is 0 Å². The van der Waals surface area contributed by atoms with E-state index in [1.807, 2.05) is 55.6 Å². The molecule has 1 aromatic heterocycles. The molecule has 0 amide bonds. The fourth-order valence-corrected chi connectivity index (χ4v) is 2.76. The van der Waals surface area contributed by atoms with E-state index in [4.69, 9.17) is 14.0 Å². The van der Waals surface area contributed by atoms with E-state index in [9.17, 15) is 0 Å². The second-order valence-electron chi connectivity index (χ2n) is 6.10. The summed E-state index contributed by atoms with van der Waals surface area (Å²) in [7, 11) is 2.03. The Hall–Kier alpha value is -2.86. The molecule has 1 aliphatic heterocycles. The molecule has 6 heteroatoms. The van der Waals surface area contributed by atoms with E-state index in [-0.39, 0.29) is 12.8 Å². The number of benzene rings is 2. The summed E-state index contributed by atoms with van der Waals surface area (Å²) in [5.41, 5.74) is 2.09. The molecular formula is C19H19N3O3. The minimum absolute atomic E-state index is 0.00427. The SMILES string of the molecule is CC(c1nc(-c2ccccc2)no1)N(C)Cc1ccc2c(c1)OCO2. The zero-order valence-electron chi connectivity index (χ0n) is 14.2. The second-order valence-corrected chi connectivity index (χ2v) is 6.10. The van der Waals surface area contributed by atoms with Gasteiger partial charge in [-0.1, -0.05) is 41.6 Å². The molecule has 0 radical (unpaired) electrons. The average molecular weight is 337 g/mol. The molecule has 0 spiro atoms. The van der Waals surface area contributed by atoms with Crippen LogP contribution in [0.5, 0.6) is 11.5 Å². The van der Waals surface area contributed by atoms with Gasteiger partial charge in [0, 0.05) is 12.1 Å². The third-order valence-electron chi connectivity index (χ3n) is 4.36. The van der Waals surface area contributed by atoms with Crippen molar-refractivity contribution in [2.45, 2.75) is 19.5 Å². The minimum Gasteiger partial charge on any atom is -0.454 e. The van der Waals surface area contributed by atoms with Crippen LogP contribution in [-0.2, 0) is 6.54 Å². The zero-order valence-corrected chi connectivity index (χ0v) is 14.2. The van der Waals surface area contributed by atoms with Crippen molar-refractivity contribution in [2.75, 3.05) is 13.8 Å². The summed E-state index contributed by atoms with van der Waals surface area (Å²) in [6.07, 6.45) is 0. The first-order chi connectivity index (χ1) is 12.2. The van der Waals surface area contributed by atoms with E-state index in [0.29, 0.717) is 11.7 Å². The fourth-order valence-electron chi connectivity index (χ4n) is 2.76. The highest BCUT2D eigenvalue weighted by Gasteiger charge is 2.20. The molecule has 1 unspecified atom stereocenters. The van der Waals surface area contributed by atoms with Gasteiger partial charge in [0.1, 0.15) is 0 Å². The lowest BCUT2D eigenvalue weighted by Gasteiger charge is -2.21. The molecule has 25 heavy (non-hydrogen) atoms. The summed E-state index contributed by atoms with van der Waals surface area (Å²) < 4.78 is 16.3. The third kappa shape index (κ3) is 3.21. The van der Waals surface area contributed by atoms with Crippen molar-refractivity contribution in [2.24, 2.45) is 0 Å². The zero-order chi connectivity index (χ0) is 17.2. The molecule has 0 saturated carbocycles. The Labute approximate surface area is 146 Å². The largest absolute Gasteiger partial charge is 0.454 e. The number of rotatable bonds is 5. The van der Waals surface area contributed by atoms with Gasteiger partial charge in [-0.25, -0.2) is 0 Å². The molecule has 0 bridgehead atoms. The van der Waals surface area contributed by atoms with Crippen LogP contribution in [0.2, 0.25) is 0 Å². The lowest BCUT2D eigenvalue weighted by atomic mass is 10.1. The normalized spacial score (nSPS) is 14.0. The molecule has 0 fully saturated rings. The number of aromatic nitrogens is 2. The molecule has 2 heterocycles. The van der Waals surface area contributed by atoms with E-state index in [2.05, 4.69) is 22.0 Å². The minimum atomic E-state index is -0.00427. The van der Waals surface area contributed by atoms with Gasteiger partial charge in [-0.3, -0.25) is 4.90 Å². The molecule has 4 rings (SSSR count). The molecule has 0 saturated heterocycles. The van der Waals surface area contributed by atoms with Crippen molar-refractivity contribution in [3.63, 3.8) is 0 Å². The van der Waals surface area contributed by atoms with Gasteiger partial charge < -0.3 is 14.0 Å². The molecule has 128 valence electrons. The maximum Gasteiger partial charge on any atom is 0.244 e. The molecule has 3 aromatic rings.